The zero-order chi connectivity index (χ0) is 20.2. The fourth-order valence-electron chi connectivity index (χ4n) is 2.25. The van der Waals surface area contributed by atoms with E-state index in [-0.39, 0.29) is 22.8 Å². The summed E-state index contributed by atoms with van der Waals surface area (Å²) in [6, 6.07) is 8.17. The van der Waals surface area contributed by atoms with E-state index < -0.39 is 17.5 Å². The fraction of sp³-hybridized carbons (Fsp3) is 0.316. The summed E-state index contributed by atoms with van der Waals surface area (Å²) in [5.74, 6) is -1.01. The van der Waals surface area contributed by atoms with Crippen LogP contribution in [0.2, 0.25) is 5.15 Å². The number of carboxylic acid groups (broad SMARTS) is 1. The Morgan fingerprint density at radius 3 is 2.37 bits per heavy atom. The number of anilines is 1. The van der Waals surface area contributed by atoms with E-state index in [1.807, 2.05) is 0 Å². The van der Waals surface area contributed by atoms with Gasteiger partial charge in [-0.2, -0.15) is 5.06 Å². The van der Waals surface area contributed by atoms with Crippen LogP contribution < -0.4 is 9.80 Å². The third-order valence-electron chi connectivity index (χ3n) is 3.40. The van der Waals surface area contributed by atoms with E-state index in [0.29, 0.717) is 5.75 Å². The molecule has 0 radical (unpaired) electrons. The molecule has 0 aliphatic rings. The number of rotatable bonds is 6. The van der Waals surface area contributed by atoms with Crippen LogP contribution in [0.1, 0.15) is 36.7 Å². The van der Waals surface area contributed by atoms with E-state index >= 15 is 0 Å². The summed E-state index contributed by atoms with van der Waals surface area (Å²) < 4.78 is 5.10. The largest absolute Gasteiger partial charge is 0.497 e. The molecular formula is C19H21ClN2O5. The predicted molar refractivity (Wildman–Crippen MR) is 101 cm³/mol. The van der Waals surface area contributed by atoms with Crippen molar-refractivity contribution >= 4 is 29.2 Å². The van der Waals surface area contributed by atoms with Gasteiger partial charge in [0.15, 0.2) is 0 Å². The first-order chi connectivity index (χ1) is 12.6. The van der Waals surface area contributed by atoms with Gasteiger partial charge in [-0.3, -0.25) is 9.63 Å². The van der Waals surface area contributed by atoms with E-state index in [1.165, 1.54) is 12.3 Å². The third kappa shape index (κ3) is 5.67. The van der Waals surface area contributed by atoms with Crippen LogP contribution in [0.4, 0.5) is 5.69 Å². The van der Waals surface area contributed by atoms with Crippen molar-refractivity contribution in [2.75, 3.05) is 12.2 Å². The number of benzene rings is 1. The van der Waals surface area contributed by atoms with Gasteiger partial charge >= 0.3 is 5.97 Å². The van der Waals surface area contributed by atoms with Crippen LogP contribution in [-0.2, 0) is 16.1 Å². The Balaban J connectivity index is 2.39. The number of hydrogen-bond donors (Lipinski definition) is 1. The number of carbonyl (C=O) groups is 2. The number of hydroxylamine groups is 1. The molecule has 0 unspecified atom stereocenters. The quantitative estimate of drug-likeness (QED) is 0.595. The minimum Gasteiger partial charge on any atom is -0.497 e. The molecule has 144 valence electrons. The van der Waals surface area contributed by atoms with Crippen LogP contribution in [0.15, 0.2) is 36.5 Å². The Labute approximate surface area is 162 Å². The molecule has 2 aromatic rings. The highest BCUT2D eigenvalue weighted by Gasteiger charge is 2.28. The highest BCUT2D eigenvalue weighted by atomic mass is 35.5. The number of nitrogens with zero attached hydrogens (tertiary/aromatic N) is 2. The number of halogens is 1. The average molecular weight is 393 g/mol. The summed E-state index contributed by atoms with van der Waals surface area (Å²) in [5.41, 5.74) is -0.185. The number of ether oxygens (including phenoxy) is 1. The number of hydrogen-bond acceptors (Lipinski definition) is 5. The van der Waals surface area contributed by atoms with E-state index in [0.717, 1.165) is 10.6 Å². The number of amides is 1. The number of pyridine rings is 1. The summed E-state index contributed by atoms with van der Waals surface area (Å²) in [4.78, 5) is 34.2. The van der Waals surface area contributed by atoms with E-state index in [4.69, 9.17) is 21.2 Å². The molecule has 0 bridgehead atoms. The Bertz CT molecular complexity index is 831. The molecule has 0 saturated carbocycles. The smallest absolute Gasteiger partial charge is 0.338 e. The molecule has 1 heterocycles. The lowest BCUT2D eigenvalue weighted by molar-refractivity contribution is -0.131. The maximum Gasteiger partial charge on any atom is 0.338 e. The van der Waals surface area contributed by atoms with Crippen molar-refractivity contribution in [2.45, 2.75) is 32.8 Å². The zero-order valence-electron chi connectivity index (χ0n) is 15.5. The Kier molecular flexibility index (Phi) is 6.41. The van der Waals surface area contributed by atoms with Crippen LogP contribution >= 0.6 is 11.6 Å². The van der Waals surface area contributed by atoms with Crippen molar-refractivity contribution in [3.63, 3.8) is 0 Å². The monoisotopic (exact) mass is 392 g/mol. The van der Waals surface area contributed by atoms with E-state index in [1.54, 1.807) is 52.1 Å². The van der Waals surface area contributed by atoms with E-state index in [9.17, 15) is 14.7 Å². The summed E-state index contributed by atoms with van der Waals surface area (Å²) in [7, 11) is 1.56. The van der Waals surface area contributed by atoms with Gasteiger partial charge < -0.3 is 9.84 Å². The van der Waals surface area contributed by atoms with Gasteiger partial charge in [-0.15, -0.1) is 0 Å². The summed E-state index contributed by atoms with van der Waals surface area (Å²) in [5, 5.41) is 10.5. The molecule has 0 aliphatic heterocycles. The number of carboxylic acids is 1. The van der Waals surface area contributed by atoms with Gasteiger partial charge in [0.1, 0.15) is 16.6 Å². The van der Waals surface area contributed by atoms with Crippen molar-refractivity contribution in [3.8, 4) is 5.75 Å². The summed E-state index contributed by atoms with van der Waals surface area (Å²) >= 11 is 5.81. The van der Waals surface area contributed by atoms with Gasteiger partial charge in [0.05, 0.1) is 30.9 Å². The molecule has 0 saturated heterocycles. The maximum absolute atomic E-state index is 12.9. The molecule has 0 spiro atoms. The summed E-state index contributed by atoms with van der Waals surface area (Å²) in [6.07, 6.45) is 1.21. The molecule has 0 fully saturated rings. The minimum absolute atomic E-state index is 0.00175. The lowest BCUT2D eigenvalue weighted by Gasteiger charge is -2.30. The van der Waals surface area contributed by atoms with Crippen LogP contribution in [0, 0.1) is 0 Å². The lowest BCUT2D eigenvalue weighted by Crippen LogP contribution is -2.40. The Hall–Kier alpha value is -2.64. The molecule has 0 atom stereocenters. The average Bonchev–Trinajstić information content (AvgIpc) is 2.59. The van der Waals surface area contributed by atoms with Gasteiger partial charge in [0, 0.05) is 0 Å². The van der Waals surface area contributed by atoms with Crippen LogP contribution in [0.3, 0.4) is 0 Å². The highest BCUT2D eigenvalue weighted by Crippen LogP contribution is 2.26. The second kappa shape index (κ2) is 8.37. The highest BCUT2D eigenvalue weighted by molar-refractivity contribution is 6.29. The minimum atomic E-state index is -1.24. The number of aromatic carboxylic acids is 1. The molecule has 8 heteroatoms. The molecule has 1 aromatic carbocycles. The molecule has 27 heavy (non-hydrogen) atoms. The van der Waals surface area contributed by atoms with Crippen molar-refractivity contribution in [1.82, 2.24) is 4.98 Å². The molecular weight excluding hydrogens is 372 g/mol. The van der Waals surface area contributed by atoms with Crippen LogP contribution in [0.5, 0.6) is 5.75 Å². The number of carbonyl (C=O) groups excluding carboxylic acids is 1. The molecule has 7 nitrogen and oxygen atoms in total. The first-order valence-corrected chi connectivity index (χ1v) is 8.52. The molecule has 1 N–H and O–H groups in total. The second-order valence-corrected chi connectivity index (χ2v) is 7.13. The third-order valence-corrected chi connectivity index (χ3v) is 3.61. The SMILES string of the molecule is COc1ccc(CC(=O)N(OC(C)(C)C)c2cnc(Cl)cc2C(=O)O)cc1. The fourth-order valence-corrected chi connectivity index (χ4v) is 2.41. The first kappa shape index (κ1) is 20.7. The van der Waals surface area contributed by atoms with Gasteiger partial charge in [0.2, 0.25) is 0 Å². The van der Waals surface area contributed by atoms with Gasteiger partial charge in [-0.05, 0) is 44.5 Å². The van der Waals surface area contributed by atoms with Crippen molar-refractivity contribution in [2.24, 2.45) is 0 Å². The number of methoxy groups -OCH3 is 1. The summed E-state index contributed by atoms with van der Waals surface area (Å²) in [6.45, 7) is 5.26. The normalized spacial score (nSPS) is 11.1. The first-order valence-electron chi connectivity index (χ1n) is 8.14. The topological polar surface area (TPSA) is 89.0 Å². The molecule has 2 rings (SSSR count). The van der Waals surface area contributed by atoms with E-state index in [2.05, 4.69) is 4.98 Å². The zero-order valence-corrected chi connectivity index (χ0v) is 16.3. The van der Waals surface area contributed by atoms with Gasteiger partial charge in [0.25, 0.3) is 5.91 Å². The van der Waals surface area contributed by atoms with Gasteiger partial charge in [-0.1, -0.05) is 23.7 Å². The Morgan fingerprint density at radius 1 is 1.22 bits per heavy atom. The predicted octanol–water partition coefficient (Wildman–Crippen LogP) is 3.75. The van der Waals surface area contributed by atoms with Crippen molar-refractivity contribution < 1.29 is 24.3 Å². The maximum atomic E-state index is 12.9. The molecule has 0 aliphatic carbocycles. The van der Waals surface area contributed by atoms with Crippen molar-refractivity contribution in [3.05, 3.63) is 52.8 Å². The van der Waals surface area contributed by atoms with Crippen molar-refractivity contribution in [1.29, 1.82) is 0 Å². The van der Waals surface area contributed by atoms with Crippen LogP contribution in [-0.4, -0.2) is 34.7 Å². The lowest BCUT2D eigenvalue weighted by atomic mass is 10.1. The standard InChI is InChI=1S/C19H21ClN2O5/c1-19(2,3)27-22(15-11-21-16(20)10-14(15)18(24)25)17(23)9-12-5-7-13(26-4)8-6-12/h5-8,10-11H,9H2,1-4H3,(H,24,25). The second-order valence-electron chi connectivity index (χ2n) is 6.75. The number of aromatic nitrogens is 1. The Morgan fingerprint density at radius 2 is 1.85 bits per heavy atom. The molecule has 1 amide bonds. The molecule has 1 aromatic heterocycles. The van der Waals surface area contributed by atoms with Gasteiger partial charge in [-0.25, -0.2) is 9.78 Å². The van der Waals surface area contributed by atoms with Crippen LogP contribution in [0.25, 0.3) is 0 Å².